The highest BCUT2D eigenvalue weighted by atomic mass is 35.5. The number of carbonyl (C=O) groups is 2. The SMILES string of the molecule is CC(C)NC(=O)[C@H](C)N(Cc1ccc(Cl)cc1Cl)C(=O)CN(c1ccc(C23CC4CC(CC(C4)C2)C3)cc1)S(C)(=O)=O. The lowest BCUT2D eigenvalue weighted by Crippen LogP contribution is -2.52. The fourth-order valence-electron chi connectivity index (χ4n) is 7.88. The largest absolute Gasteiger partial charge is 0.352 e. The molecule has 0 aromatic heterocycles. The van der Waals surface area contributed by atoms with Gasteiger partial charge in [0.05, 0.1) is 11.9 Å². The van der Waals surface area contributed by atoms with Crippen LogP contribution < -0.4 is 9.62 Å². The number of benzene rings is 2. The van der Waals surface area contributed by atoms with Gasteiger partial charge in [-0.2, -0.15) is 0 Å². The monoisotopic (exact) mass is 633 g/mol. The summed E-state index contributed by atoms with van der Waals surface area (Å²) in [5.41, 5.74) is 2.50. The molecule has 4 aliphatic carbocycles. The van der Waals surface area contributed by atoms with Crippen LogP contribution in [0.2, 0.25) is 10.0 Å². The second-order valence-corrected chi connectivity index (χ2v) is 15.9. The minimum Gasteiger partial charge on any atom is -0.352 e. The van der Waals surface area contributed by atoms with E-state index in [9.17, 15) is 18.0 Å². The van der Waals surface area contributed by atoms with Crippen molar-refractivity contribution in [3.63, 3.8) is 0 Å². The average Bonchev–Trinajstić information content (AvgIpc) is 2.89. The van der Waals surface area contributed by atoms with Crippen molar-refractivity contribution < 1.29 is 18.0 Å². The summed E-state index contributed by atoms with van der Waals surface area (Å²) in [6, 6.07) is 11.7. The van der Waals surface area contributed by atoms with Gasteiger partial charge in [0.15, 0.2) is 0 Å². The lowest BCUT2D eigenvalue weighted by molar-refractivity contribution is -0.139. The molecule has 0 saturated heterocycles. The number of anilines is 1. The number of halogens is 2. The van der Waals surface area contributed by atoms with Gasteiger partial charge in [-0.15, -0.1) is 0 Å². The first-order chi connectivity index (χ1) is 19.7. The summed E-state index contributed by atoms with van der Waals surface area (Å²) >= 11 is 12.5. The Morgan fingerprint density at radius 1 is 0.952 bits per heavy atom. The third-order valence-corrected chi connectivity index (χ3v) is 11.2. The smallest absolute Gasteiger partial charge is 0.244 e. The van der Waals surface area contributed by atoms with Crippen molar-refractivity contribution in [2.24, 2.45) is 17.8 Å². The molecule has 4 aliphatic rings. The normalized spacial score (nSPS) is 25.4. The fourth-order valence-corrected chi connectivity index (χ4v) is 9.20. The second-order valence-electron chi connectivity index (χ2n) is 13.1. The predicted molar refractivity (Wildman–Crippen MR) is 168 cm³/mol. The number of carbonyl (C=O) groups excluding carboxylic acids is 2. The summed E-state index contributed by atoms with van der Waals surface area (Å²) < 4.78 is 27.2. The Morgan fingerprint density at radius 2 is 1.52 bits per heavy atom. The Balaban J connectivity index is 1.40. The van der Waals surface area contributed by atoms with E-state index in [1.807, 2.05) is 26.0 Å². The highest BCUT2D eigenvalue weighted by molar-refractivity contribution is 7.92. The van der Waals surface area contributed by atoms with Crippen molar-refractivity contribution >= 4 is 50.7 Å². The molecule has 4 saturated carbocycles. The lowest BCUT2D eigenvalue weighted by Gasteiger charge is -2.57. The molecule has 6 rings (SSSR count). The Morgan fingerprint density at radius 3 is 2.02 bits per heavy atom. The summed E-state index contributed by atoms with van der Waals surface area (Å²) in [7, 11) is -3.81. The molecule has 0 unspecified atom stereocenters. The van der Waals surface area contributed by atoms with Crippen molar-refractivity contribution in [2.45, 2.75) is 83.3 Å². The summed E-state index contributed by atoms with van der Waals surface area (Å²) in [5.74, 6) is 1.56. The van der Waals surface area contributed by atoms with Gasteiger partial charge in [0.1, 0.15) is 12.6 Å². The molecule has 2 aromatic rings. The van der Waals surface area contributed by atoms with Crippen LogP contribution in [0.15, 0.2) is 42.5 Å². The molecule has 2 amide bonds. The molecular formula is C32H41Cl2N3O4S. The van der Waals surface area contributed by atoms with Gasteiger partial charge < -0.3 is 10.2 Å². The molecule has 0 radical (unpaired) electrons. The number of hydrogen-bond donors (Lipinski definition) is 1. The summed E-state index contributed by atoms with van der Waals surface area (Å²) in [5, 5.41) is 3.65. The van der Waals surface area contributed by atoms with E-state index in [0.29, 0.717) is 21.3 Å². The summed E-state index contributed by atoms with van der Waals surface area (Å²) in [6.45, 7) is 4.88. The first kappa shape index (κ1) is 31.1. The highest BCUT2D eigenvalue weighted by Crippen LogP contribution is 2.60. The highest BCUT2D eigenvalue weighted by Gasteiger charge is 2.51. The summed E-state index contributed by atoms with van der Waals surface area (Å²) in [4.78, 5) is 28.2. The second kappa shape index (κ2) is 12.0. The van der Waals surface area contributed by atoms with Crippen LogP contribution in [0, 0.1) is 17.8 Å². The zero-order chi connectivity index (χ0) is 30.4. The minimum atomic E-state index is -3.81. The maximum atomic E-state index is 13.9. The molecule has 4 fully saturated rings. The maximum absolute atomic E-state index is 13.9. The Hall–Kier alpha value is -2.29. The van der Waals surface area contributed by atoms with Gasteiger partial charge >= 0.3 is 0 Å². The van der Waals surface area contributed by atoms with Gasteiger partial charge in [-0.1, -0.05) is 41.4 Å². The van der Waals surface area contributed by atoms with E-state index in [0.717, 1.165) is 28.3 Å². The lowest BCUT2D eigenvalue weighted by atomic mass is 9.48. The third-order valence-electron chi connectivity index (χ3n) is 9.44. The van der Waals surface area contributed by atoms with Crippen molar-refractivity contribution in [1.29, 1.82) is 0 Å². The van der Waals surface area contributed by atoms with E-state index in [-0.39, 0.29) is 23.9 Å². The number of nitrogens with zero attached hydrogens (tertiary/aromatic N) is 2. The molecule has 42 heavy (non-hydrogen) atoms. The molecule has 10 heteroatoms. The van der Waals surface area contributed by atoms with E-state index in [1.54, 1.807) is 25.1 Å². The quantitative estimate of drug-likeness (QED) is 0.339. The maximum Gasteiger partial charge on any atom is 0.244 e. The van der Waals surface area contributed by atoms with E-state index in [4.69, 9.17) is 23.2 Å². The van der Waals surface area contributed by atoms with Crippen molar-refractivity contribution in [3.05, 3.63) is 63.6 Å². The van der Waals surface area contributed by atoms with Gasteiger partial charge in [0.25, 0.3) is 0 Å². The topological polar surface area (TPSA) is 86.8 Å². The number of rotatable bonds is 10. The molecule has 4 bridgehead atoms. The molecule has 7 nitrogen and oxygen atoms in total. The van der Waals surface area contributed by atoms with Gasteiger partial charge in [0, 0.05) is 22.6 Å². The van der Waals surface area contributed by atoms with Crippen molar-refractivity contribution in [3.8, 4) is 0 Å². The van der Waals surface area contributed by atoms with Crippen LogP contribution in [0.4, 0.5) is 5.69 Å². The molecule has 2 aromatic carbocycles. The van der Waals surface area contributed by atoms with Crippen LogP contribution in [-0.4, -0.2) is 50.0 Å². The standard InChI is InChI=1S/C32H41Cl2N3O4S/c1-20(2)35-31(39)21(3)36(18-25-5-8-27(33)14-29(25)34)30(38)19-37(42(4,40)41)28-9-6-26(7-10-28)32-15-22-11-23(16-32)13-24(12-22)17-32/h5-10,14,20-24H,11-13,15-19H2,1-4H3,(H,35,39)/t21-,22?,23?,24?,32?/m0/s1. The third kappa shape index (κ3) is 6.61. The molecule has 0 aliphatic heterocycles. The van der Waals surface area contributed by atoms with Crippen LogP contribution in [0.25, 0.3) is 0 Å². The first-order valence-corrected chi connectivity index (χ1v) is 17.5. The van der Waals surface area contributed by atoms with Gasteiger partial charge in [-0.25, -0.2) is 8.42 Å². The van der Waals surface area contributed by atoms with Gasteiger partial charge in [-0.3, -0.25) is 13.9 Å². The Labute approximate surface area is 260 Å². The number of amides is 2. The first-order valence-electron chi connectivity index (χ1n) is 14.9. The van der Waals surface area contributed by atoms with Crippen LogP contribution in [0.3, 0.4) is 0 Å². The Bertz CT molecular complexity index is 1410. The summed E-state index contributed by atoms with van der Waals surface area (Å²) in [6.07, 6.45) is 8.80. The van der Waals surface area contributed by atoms with Crippen LogP contribution >= 0.6 is 23.2 Å². The van der Waals surface area contributed by atoms with Crippen molar-refractivity contribution in [1.82, 2.24) is 10.2 Å². The molecule has 0 heterocycles. The molecular weight excluding hydrogens is 593 g/mol. The van der Waals surface area contributed by atoms with Gasteiger partial charge in [0.2, 0.25) is 21.8 Å². The average molecular weight is 635 g/mol. The molecule has 228 valence electrons. The molecule has 1 N–H and O–H groups in total. The molecule has 0 spiro atoms. The van der Waals surface area contributed by atoms with Crippen LogP contribution in [0.5, 0.6) is 0 Å². The zero-order valence-electron chi connectivity index (χ0n) is 24.8. The van der Waals surface area contributed by atoms with E-state index in [2.05, 4.69) is 17.4 Å². The fraction of sp³-hybridized carbons (Fsp3) is 0.562. The zero-order valence-corrected chi connectivity index (χ0v) is 27.1. The number of hydrogen-bond acceptors (Lipinski definition) is 4. The van der Waals surface area contributed by atoms with E-state index >= 15 is 0 Å². The van der Waals surface area contributed by atoms with Crippen LogP contribution in [-0.2, 0) is 31.6 Å². The Kier molecular flexibility index (Phi) is 8.90. The van der Waals surface area contributed by atoms with E-state index in [1.165, 1.54) is 49.0 Å². The number of nitrogens with one attached hydrogen (secondary N) is 1. The van der Waals surface area contributed by atoms with Crippen LogP contribution in [0.1, 0.15) is 70.4 Å². The van der Waals surface area contributed by atoms with Gasteiger partial charge in [-0.05, 0) is 118 Å². The number of sulfonamides is 1. The minimum absolute atomic E-state index is 0.0179. The van der Waals surface area contributed by atoms with Crippen molar-refractivity contribution in [2.75, 3.05) is 17.1 Å². The predicted octanol–water partition coefficient (Wildman–Crippen LogP) is 6.17. The molecule has 1 atom stereocenters. The van der Waals surface area contributed by atoms with E-state index < -0.39 is 28.5 Å².